The fraction of sp³-hybridized carbons (Fsp3) is 0.286. The molecule has 7 heteroatoms. The van der Waals surface area contributed by atoms with Crippen molar-refractivity contribution in [2.45, 2.75) is 18.9 Å². The van der Waals surface area contributed by atoms with Crippen LogP contribution in [0.1, 0.15) is 24.4 Å². The van der Waals surface area contributed by atoms with Crippen LogP contribution in [0.4, 0.5) is 0 Å². The van der Waals surface area contributed by atoms with Crippen molar-refractivity contribution < 1.29 is 24.5 Å². The molecule has 1 saturated heterocycles. The molecule has 1 fully saturated rings. The number of aromatic hydroxyl groups is 3. The van der Waals surface area contributed by atoms with Crippen molar-refractivity contribution in [2.75, 3.05) is 20.7 Å². The van der Waals surface area contributed by atoms with E-state index in [0.717, 1.165) is 19.4 Å². The van der Waals surface area contributed by atoms with E-state index in [-0.39, 0.29) is 40.0 Å². The summed E-state index contributed by atoms with van der Waals surface area (Å²) in [5.41, 5.74) is 0.729. The third-order valence-electron chi connectivity index (χ3n) is 5.32. The molecule has 2 aromatic carbocycles. The summed E-state index contributed by atoms with van der Waals surface area (Å²) < 4.78 is 11.2. The standard InChI is InChI=1S/C21H21NO6/c1-22-9-3-4-13(22)16-18(25)21(27-2)19(26)17-14(24)10-15(28-20(16)17)11-5-7-12(23)8-6-11/h5-8,10,13,23,25-26H,3-4,9H2,1-2H3/t13-/m0/s1. The van der Waals surface area contributed by atoms with Crippen molar-refractivity contribution in [1.82, 2.24) is 4.90 Å². The van der Waals surface area contributed by atoms with Crippen molar-refractivity contribution in [2.24, 2.45) is 0 Å². The molecule has 0 aliphatic carbocycles. The van der Waals surface area contributed by atoms with E-state index in [1.165, 1.54) is 25.3 Å². The van der Waals surface area contributed by atoms with Gasteiger partial charge in [-0.1, -0.05) is 0 Å². The number of hydrogen-bond acceptors (Lipinski definition) is 7. The highest BCUT2D eigenvalue weighted by Gasteiger charge is 2.33. The summed E-state index contributed by atoms with van der Waals surface area (Å²) in [4.78, 5) is 14.9. The molecule has 3 N–H and O–H groups in total. The second kappa shape index (κ2) is 6.76. The quantitative estimate of drug-likeness (QED) is 0.637. The number of phenolic OH excluding ortho intramolecular Hbond substituents is 3. The Morgan fingerprint density at radius 2 is 1.86 bits per heavy atom. The van der Waals surface area contributed by atoms with Crippen LogP contribution in [-0.2, 0) is 0 Å². The SMILES string of the molecule is COc1c(O)c([C@@H]2CCCN2C)c2oc(-c3ccc(O)cc3)cc(=O)c2c1O. The lowest BCUT2D eigenvalue weighted by Gasteiger charge is -2.23. The summed E-state index contributed by atoms with van der Waals surface area (Å²) in [5, 5.41) is 30.9. The van der Waals surface area contributed by atoms with Crippen LogP contribution in [0, 0.1) is 0 Å². The maximum atomic E-state index is 12.9. The minimum absolute atomic E-state index is 0.0209. The monoisotopic (exact) mass is 383 g/mol. The summed E-state index contributed by atoms with van der Waals surface area (Å²) in [6, 6.07) is 7.36. The first-order valence-corrected chi connectivity index (χ1v) is 9.01. The summed E-state index contributed by atoms with van der Waals surface area (Å²) >= 11 is 0. The Morgan fingerprint density at radius 1 is 1.14 bits per heavy atom. The van der Waals surface area contributed by atoms with Gasteiger partial charge >= 0.3 is 0 Å². The van der Waals surface area contributed by atoms with E-state index in [2.05, 4.69) is 4.90 Å². The van der Waals surface area contributed by atoms with Gasteiger partial charge in [0.1, 0.15) is 16.9 Å². The van der Waals surface area contributed by atoms with E-state index in [1.54, 1.807) is 12.1 Å². The van der Waals surface area contributed by atoms with Crippen LogP contribution in [0.5, 0.6) is 23.0 Å². The number of methoxy groups -OCH3 is 1. The van der Waals surface area contributed by atoms with Crippen molar-refractivity contribution in [1.29, 1.82) is 0 Å². The first-order valence-electron chi connectivity index (χ1n) is 9.01. The third-order valence-corrected chi connectivity index (χ3v) is 5.32. The summed E-state index contributed by atoms with van der Waals surface area (Å²) in [5.74, 6) is -0.418. The van der Waals surface area contributed by atoms with Crippen LogP contribution in [0.2, 0.25) is 0 Å². The average Bonchev–Trinajstić information content (AvgIpc) is 3.08. The molecule has 4 rings (SSSR count). The molecule has 7 nitrogen and oxygen atoms in total. The normalized spacial score (nSPS) is 17.3. The lowest BCUT2D eigenvalue weighted by molar-refractivity contribution is 0.298. The van der Waals surface area contributed by atoms with E-state index in [0.29, 0.717) is 11.1 Å². The van der Waals surface area contributed by atoms with Gasteiger partial charge in [-0.15, -0.1) is 0 Å². The Hall–Kier alpha value is -3.19. The Balaban J connectivity index is 2.07. The molecule has 1 aliphatic rings. The van der Waals surface area contributed by atoms with Crippen molar-refractivity contribution in [3.05, 3.63) is 46.1 Å². The second-order valence-corrected chi connectivity index (χ2v) is 7.01. The molecule has 0 radical (unpaired) electrons. The zero-order valence-corrected chi connectivity index (χ0v) is 15.6. The zero-order valence-electron chi connectivity index (χ0n) is 15.6. The molecule has 3 aromatic rings. The van der Waals surface area contributed by atoms with Gasteiger partial charge in [0, 0.05) is 17.7 Å². The molecule has 0 saturated carbocycles. The van der Waals surface area contributed by atoms with Crippen LogP contribution in [0.3, 0.4) is 0 Å². The maximum Gasteiger partial charge on any atom is 0.204 e. The number of hydrogen-bond donors (Lipinski definition) is 3. The lowest BCUT2D eigenvalue weighted by atomic mass is 9.98. The number of fused-ring (bicyclic) bond motifs is 1. The lowest BCUT2D eigenvalue weighted by Crippen LogP contribution is -2.18. The first kappa shape index (κ1) is 18.2. The average molecular weight is 383 g/mol. The number of likely N-dealkylation sites (tertiary alicyclic amines) is 1. The van der Waals surface area contributed by atoms with Gasteiger partial charge in [0.2, 0.25) is 5.75 Å². The van der Waals surface area contributed by atoms with Crippen molar-refractivity contribution in [3.63, 3.8) is 0 Å². The van der Waals surface area contributed by atoms with Gasteiger partial charge in [-0.3, -0.25) is 9.69 Å². The zero-order chi connectivity index (χ0) is 20.0. The number of benzene rings is 2. The number of nitrogens with zero attached hydrogens (tertiary/aromatic N) is 1. The maximum absolute atomic E-state index is 12.9. The summed E-state index contributed by atoms with van der Waals surface area (Å²) in [6.45, 7) is 0.844. The van der Waals surface area contributed by atoms with Crippen LogP contribution >= 0.6 is 0 Å². The molecule has 28 heavy (non-hydrogen) atoms. The van der Waals surface area contributed by atoms with Crippen LogP contribution in [0.15, 0.2) is 39.5 Å². The van der Waals surface area contributed by atoms with Gasteiger partial charge in [-0.25, -0.2) is 0 Å². The molecule has 0 bridgehead atoms. The number of phenols is 3. The van der Waals surface area contributed by atoms with Crippen LogP contribution < -0.4 is 10.2 Å². The van der Waals surface area contributed by atoms with Crippen LogP contribution in [0.25, 0.3) is 22.3 Å². The fourth-order valence-corrected chi connectivity index (χ4v) is 3.91. The smallest absolute Gasteiger partial charge is 0.204 e. The molecule has 0 amide bonds. The van der Waals surface area contributed by atoms with Gasteiger partial charge in [-0.05, 0) is 50.7 Å². The molecular weight excluding hydrogens is 362 g/mol. The highest BCUT2D eigenvalue weighted by atomic mass is 16.5. The van der Waals surface area contributed by atoms with Gasteiger partial charge in [0.05, 0.1) is 12.7 Å². The molecule has 1 aliphatic heterocycles. The fourth-order valence-electron chi connectivity index (χ4n) is 3.91. The largest absolute Gasteiger partial charge is 0.508 e. The Kier molecular flexibility index (Phi) is 4.39. The minimum atomic E-state index is -0.443. The predicted octanol–water partition coefficient (Wildman–Crippen LogP) is 3.35. The molecule has 0 spiro atoms. The highest BCUT2D eigenvalue weighted by Crippen LogP contribution is 2.50. The summed E-state index contributed by atoms with van der Waals surface area (Å²) in [6.07, 6.45) is 1.72. The van der Waals surface area contributed by atoms with E-state index < -0.39 is 11.2 Å². The Bertz CT molecular complexity index is 1100. The first-order chi connectivity index (χ1) is 13.4. The summed E-state index contributed by atoms with van der Waals surface area (Å²) in [7, 11) is 3.26. The van der Waals surface area contributed by atoms with E-state index in [4.69, 9.17) is 9.15 Å². The molecule has 1 atom stereocenters. The van der Waals surface area contributed by atoms with Gasteiger partial charge < -0.3 is 24.5 Å². The van der Waals surface area contributed by atoms with Crippen molar-refractivity contribution in [3.8, 4) is 34.3 Å². The van der Waals surface area contributed by atoms with E-state index in [1.807, 2.05) is 7.05 Å². The molecule has 1 aromatic heterocycles. The topological polar surface area (TPSA) is 103 Å². The number of rotatable bonds is 3. The van der Waals surface area contributed by atoms with Crippen molar-refractivity contribution >= 4 is 11.0 Å². The Morgan fingerprint density at radius 3 is 2.46 bits per heavy atom. The molecule has 0 unspecified atom stereocenters. The molecule has 146 valence electrons. The van der Waals surface area contributed by atoms with Gasteiger partial charge in [0.15, 0.2) is 22.5 Å². The van der Waals surface area contributed by atoms with Gasteiger partial charge in [0.25, 0.3) is 0 Å². The molecule has 2 heterocycles. The van der Waals surface area contributed by atoms with E-state index in [9.17, 15) is 20.1 Å². The molecular formula is C21H21NO6. The van der Waals surface area contributed by atoms with Gasteiger partial charge in [-0.2, -0.15) is 0 Å². The second-order valence-electron chi connectivity index (χ2n) is 7.01. The highest BCUT2D eigenvalue weighted by molar-refractivity contribution is 5.93. The number of ether oxygens (including phenoxy) is 1. The van der Waals surface area contributed by atoms with E-state index >= 15 is 0 Å². The minimum Gasteiger partial charge on any atom is -0.508 e. The predicted molar refractivity (Wildman–Crippen MR) is 104 cm³/mol. The van der Waals surface area contributed by atoms with Crippen LogP contribution in [-0.4, -0.2) is 40.9 Å². The Labute approximate surface area is 161 Å². The third kappa shape index (κ3) is 2.75.